The lowest BCUT2D eigenvalue weighted by molar-refractivity contribution is -0.134. The van der Waals surface area contributed by atoms with Crippen LogP contribution in [0.25, 0.3) is 0 Å². The van der Waals surface area contributed by atoms with Crippen LogP contribution in [0, 0.1) is 18.2 Å². The molecule has 1 aromatic carbocycles. The van der Waals surface area contributed by atoms with Crippen molar-refractivity contribution in [3.8, 4) is 0 Å². The van der Waals surface area contributed by atoms with Crippen LogP contribution in [-0.2, 0) is 9.53 Å². The van der Waals surface area contributed by atoms with Crippen molar-refractivity contribution in [1.29, 1.82) is 0 Å². The summed E-state index contributed by atoms with van der Waals surface area (Å²) in [5, 5.41) is 6.51. The van der Waals surface area contributed by atoms with E-state index in [0.29, 0.717) is 43.6 Å². The molecule has 1 aromatic heterocycles. The number of rotatable bonds is 4. The highest BCUT2D eigenvalue weighted by Gasteiger charge is 2.58. The van der Waals surface area contributed by atoms with E-state index in [1.807, 2.05) is 0 Å². The van der Waals surface area contributed by atoms with Gasteiger partial charge in [-0.1, -0.05) is 16.8 Å². The molecule has 0 saturated carbocycles. The molecule has 0 aliphatic carbocycles. The number of likely N-dealkylation sites (tertiary alicyclic amines) is 2. The van der Waals surface area contributed by atoms with Crippen molar-refractivity contribution >= 4 is 29.2 Å². The van der Waals surface area contributed by atoms with E-state index in [2.05, 4.69) is 15.5 Å². The summed E-state index contributed by atoms with van der Waals surface area (Å²) in [6.07, 6.45) is 0. The van der Waals surface area contributed by atoms with Crippen molar-refractivity contribution in [3.05, 3.63) is 40.8 Å². The number of hydrogen-bond donors (Lipinski definition) is 1. The molecule has 11 heteroatoms. The maximum Gasteiger partial charge on any atom is 0.321 e. The number of carbonyl (C=O) groups excluding carboxylic acids is 2. The smallest absolute Gasteiger partial charge is 0.321 e. The third kappa shape index (κ3) is 3.72. The van der Waals surface area contributed by atoms with Gasteiger partial charge in [-0.2, -0.15) is 4.98 Å². The highest BCUT2D eigenvalue weighted by atomic mass is 35.5. The SMILES string of the molecule is COCC(=O)N1CC(c2nc(C)no2)C2(C1)CN(C(=O)Nc1ccc(F)c(Cl)c1)C2. The van der Waals surface area contributed by atoms with Crippen molar-refractivity contribution in [2.75, 3.05) is 45.2 Å². The number of anilines is 1. The van der Waals surface area contributed by atoms with E-state index in [-0.39, 0.29) is 34.9 Å². The zero-order chi connectivity index (χ0) is 21.5. The Labute approximate surface area is 177 Å². The van der Waals surface area contributed by atoms with E-state index in [1.54, 1.807) is 16.7 Å². The van der Waals surface area contributed by atoms with Gasteiger partial charge < -0.3 is 24.4 Å². The molecule has 3 heterocycles. The number of halogens is 2. The molecule has 1 N–H and O–H groups in total. The number of amides is 3. The fourth-order valence-corrected chi connectivity index (χ4v) is 4.30. The summed E-state index contributed by atoms with van der Waals surface area (Å²) in [7, 11) is 1.47. The molecule has 0 radical (unpaired) electrons. The standard InChI is InChI=1S/C19H21ClFN5O4/c1-11-22-17(30-24-11)13-6-25(16(27)7-29-2)8-19(13)9-26(10-19)18(28)23-12-3-4-15(21)14(20)5-12/h3-5,13H,6-10H2,1-2H3,(H,23,28). The van der Waals surface area contributed by atoms with Gasteiger partial charge in [-0.25, -0.2) is 9.18 Å². The second-order valence-corrected chi connectivity index (χ2v) is 8.12. The van der Waals surface area contributed by atoms with Gasteiger partial charge in [0.1, 0.15) is 12.4 Å². The highest BCUT2D eigenvalue weighted by Crippen LogP contribution is 2.48. The van der Waals surface area contributed by atoms with Crippen LogP contribution in [0.1, 0.15) is 17.6 Å². The zero-order valence-corrected chi connectivity index (χ0v) is 17.3. The largest absolute Gasteiger partial charge is 0.375 e. The Morgan fingerprint density at radius 2 is 2.10 bits per heavy atom. The number of nitrogens with one attached hydrogen (secondary N) is 1. The average Bonchev–Trinajstić information content (AvgIpc) is 3.27. The maximum absolute atomic E-state index is 13.3. The van der Waals surface area contributed by atoms with E-state index >= 15 is 0 Å². The first-order valence-electron chi connectivity index (χ1n) is 9.39. The molecular weight excluding hydrogens is 417 g/mol. The van der Waals surface area contributed by atoms with Gasteiger partial charge in [-0.3, -0.25) is 4.79 Å². The minimum Gasteiger partial charge on any atom is -0.375 e. The van der Waals surface area contributed by atoms with Crippen LogP contribution >= 0.6 is 11.6 Å². The summed E-state index contributed by atoms with van der Waals surface area (Å²) in [6, 6.07) is 3.67. The van der Waals surface area contributed by atoms with Crippen LogP contribution in [0.3, 0.4) is 0 Å². The quantitative estimate of drug-likeness (QED) is 0.787. The Kier molecular flexibility index (Phi) is 5.37. The molecule has 1 unspecified atom stereocenters. The first-order valence-corrected chi connectivity index (χ1v) is 9.77. The molecular formula is C19H21ClFN5O4. The lowest BCUT2D eigenvalue weighted by Gasteiger charge is -2.49. The van der Waals surface area contributed by atoms with Gasteiger partial charge in [0.05, 0.1) is 10.9 Å². The molecule has 4 rings (SSSR count). The third-order valence-electron chi connectivity index (χ3n) is 5.58. The molecule has 1 spiro atoms. The summed E-state index contributed by atoms with van der Waals surface area (Å²) in [4.78, 5) is 32.7. The van der Waals surface area contributed by atoms with Crippen LogP contribution < -0.4 is 5.32 Å². The fraction of sp³-hybridized carbons (Fsp3) is 0.474. The Balaban J connectivity index is 1.47. The van der Waals surface area contributed by atoms with Crippen LogP contribution in [-0.4, -0.2) is 71.8 Å². The van der Waals surface area contributed by atoms with Crippen molar-refractivity contribution in [2.45, 2.75) is 12.8 Å². The monoisotopic (exact) mass is 437 g/mol. The number of hydrogen-bond acceptors (Lipinski definition) is 6. The summed E-state index contributed by atoms with van der Waals surface area (Å²) < 4.78 is 23.7. The molecule has 9 nitrogen and oxygen atoms in total. The van der Waals surface area contributed by atoms with E-state index in [1.165, 1.54) is 25.3 Å². The molecule has 1 atom stereocenters. The predicted molar refractivity (Wildman–Crippen MR) is 105 cm³/mol. The average molecular weight is 438 g/mol. The Bertz CT molecular complexity index is 978. The molecule has 2 aliphatic rings. The molecule has 2 fully saturated rings. The number of urea groups is 1. The first kappa shape index (κ1) is 20.5. The molecule has 3 amide bonds. The van der Waals surface area contributed by atoms with Crippen LogP contribution in [0.15, 0.2) is 22.7 Å². The second kappa shape index (κ2) is 7.84. The molecule has 0 bridgehead atoms. The molecule has 30 heavy (non-hydrogen) atoms. The van der Waals surface area contributed by atoms with Crippen molar-refractivity contribution < 1.29 is 23.2 Å². The van der Waals surface area contributed by atoms with Crippen LogP contribution in [0.2, 0.25) is 5.02 Å². The number of benzene rings is 1. The first-order chi connectivity index (χ1) is 14.3. The van der Waals surface area contributed by atoms with Gasteiger partial charge in [-0.05, 0) is 25.1 Å². The third-order valence-corrected chi connectivity index (χ3v) is 5.87. The van der Waals surface area contributed by atoms with E-state index in [9.17, 15) is 14.0 Å². The number of ether oxygens (including phenoxy) is 1. The van der Waals surface area contributed by atoms with Crippen molar-refractivity contribution in [2.24, 2.45) is 5.41 Å². The van der Waals surface area contributed by atoms with Crippen molar-refractivity contribution in [3.63, 3.8) is 0 Å². The van der Waals surface area contributed by atoms with Gasteiger partial charge in [-0.15, -0.1) is 0 Å². The summed E-state index contributed by atoms with van der Waals surface area (Å²) in [6.45, 7) is 3.44. The van der Waals surface area contributed by atoms with Crippen LogP contribution in [0.5, 0.6) is 0 Å². The normalized spacial score (nSPS) is 19.8. The maximum atomic E-state index is 13.3. The molecule has 2 saturated heterocycles. The van der Waals surface area contributed by atoms with Gasteiger partial charge in [0.15, 0.2) is 5.82 Å². The lowest BCUT2D eigenvalue weighted by Crippen LogP contribution is -2.62. The Hall–Kier alpha value is -2.72. The number of carbonyl (C=O) groups is 2. The fourth-order valence-electron chi connectivity index (χ4n) is 4.12. The number of methoxy groups -OCH3 is 1. The zero-order valence-electron chi connectivity index (χ0n) is 16.5. The van der Waals surface area contributed by atoms with E-state index in [0.717, 1.165) is 0 Å². The number of aromatic nitrogens is 2. The van der Waals surface area contributed by atoms with Crippen LogP contribution in [0.4, 0.5) is 14.9 Å². The second-order valence-electron chi connectivity index (χ2n) is 7.72. The molecule has 160 valence electrons. The summed E-state index contributed by atoms with van der Waals surface area (Å²) >= 11 is 5.77. The number of aryl methyl sites for hydroxylation is 1. The van der Waals surface area contributed by atoms with Crippen molar-refractivity contribution in [1.82, 2.24) is 19.9 Å². The highest BCUT2D eigenvalue weighted by molar-refractivity contribution is 6.31. The minimum atomic E-state index is -0.554. The van der Waals surface area contributed by atoms with Gasteiger partial charge in [0.2, 0.25) is 11.8 Å². The molecule has 2 aliphatic heterocycles. The summed E-state index contributed by atoms with van der Waals surface area (Å²) in [5.74, 6) is 0.125. The molecule has 2 aromatic rings. The Morgan fingerprint density at radius 3 is 2.73 bits per heavy atom. The van der Waals surface area contributed by atoms with Gasteiger partial charge in [0.25, 0.3) is 0 Å². The van der Waals surface area contributed by atoms with Gasteiger partial charge >= 0.3 is 6.03 Å². The predicted octanol–water partition coefficient (Wildman–Crippen LogP) is 2.28. The lowest BCUT2D eigenvalue weighted by atomic mass is 9.71. The van der Waals surface area contributed by atoms with E-state index in [4.69, 9.17) is 20.9 Å². The van der Waals surface area contributed by atoms with Gasteiger partial charge in [0, 0.05) is 44.4 Å². The summed E-state index contributed by atoms with van der Waals surface area (Å²) in [5.41, 5.74) is 0.0277. The Morgan fingerprint density at radius 1 is 1.37 bits per heavy atom. The topological polar surface area (TPSA) is 101 Å². The van der Waals surface area contributed by atoms with E-state index < -0.39 is 5.82 Å². The number of nitrogens with zero attached hydrogens (tertiary/aromatic N) is 4. The minimum absolute atomic E-state index is 0.0127.